The number of carbonyl (C=O) groups is 2. The van der Waals surface area contributed by atoms with Gasteiger partial charge in [-0.25, -0.2) is 4.68 Å². The Morgan fingerprint density at radius 3 is 2.62 bits per heavy atom. The normalized spacial score (nSPS) is 10.8. The smallest absolute Gasteiger partial charge is 0.265 e. The van der Waals surface area contributed by atoms with Crippen molar-refractivity contribution in [2.24, 2.45) is 0 Å². The van der Waals surface area contributed by atoms with Crippen molar-refractivity contribution in [2.75, 3.05) is 11.1 Å². The zero-order valence-corrected chi connectivity index (χ0v) is 19.5. The summed E-state index contributed by atoms with van der Waals surface area (Å²) in [5.41, 5.74) is 9.37. The van der Waals surface area contributed by atoms with Crippen LogP contribution in [0, 0.1) is 0 Å². The Bertz CT molecular complexity index is 1460. The number of ketones is 1. The average Bonchev–Trinajstić information content (AvgIpc) is 3.62. The molecule has 0 saturated carbocycles. The van der Waals surface area contributed by atoms with Crippen molar-refractivity contribution in [3.05, 3.63) is 94.8 Å². The minimum Gasteiger partial charge on any atom is -0.397 e. The number of anilines is 2. The summed E-state index contributed by atoms with van der Waals surface area (Å²) in [6.07, 6.45) is 1.71. The molecule has 7 nitrogen and oxygen atoms in total. The van der Waals surface area contributed by atoms with Crippen LogP contribution in [-0.4, -0.2) is 26.7 Å². The second-order valence-electron chi connectivity index (χ2n) is 7.49. The largest absolute Gasteiger partial charge is 0.397 e. The standard InChI is InChI=1S/C25H19N5O2S2/c26-18-9-8-17(22-7-4-12-33-22)13-19(18)27-25(32)24-11-10-23(34-24)20-14-30(29-28-20)15-21(31)16-5-2-1-3-6-16/h1-14H,15,26H2,(H,27,32). The number of nitrogens with zero attached hydrogens (tertiary/aromatic N) is 3. The number of hydrogen-bond donors (Lipinski definition) is 2. The van der Waals surface area contributed by atoms with E-state index in [2.05, 4.69) is 15.6 Å². The van der Waals surface area contributed by atoms with Crippen molar-refractivity contribution in [3.8, 4) is 21.0 Å². The topological polar surface area (TPSA) is 103 Å². The molecule has 0 saturated heterocycles. The van der Waals surface area contributed by atoms with Gasteiger partial charge in [-0.05, 0) is 41.3 Å². The Balaban J connectivity index is 1.29. The molecule has 3 N–H and O–H groups in total. The van der Waals surface area contributed by atoms with Gasteiger partial charge in [-0.15, -0.1) is 27.8 Å². The molecule has 34 heavy (non-hydrogen) atoms. The first kappa shape index (κ1) is 21.7. The van der Waals surface area contributed by atoms with Crippen LogP contribution in [0.15, 0.2) is 84.4 Å². The highest BCUT2D eigenvalue weighted by Gasteiger charge is 2.15. The number of nitrogen functional groups attached to an aromatic ring is 1. The molecule has 5 aromatic rings. The van der Waals surface area contributed by atoms with Crippen molar-refractivity contribution in [2.45, 2.75) is 6.54 Å². The van der Waals surface area contributed by atoms with E-state index in [0.717, 1.165) is 15.3 Å². The molecule has 0 aliphatic carbocycles. The van der Waals surface area contributed by atoms with E-state index < -0.39 is 0 Å². The minimum atomic E-state index is -0.252. The SMILES string of the molecule is Nc1ccc(-c2cccs2)cc1NC(=O)c1ccc(-c2cn(CC(=O)c3ccccc3)nn2)s1. The first-order chi connectivity index (χ1) is 16.6. The molecule has 0 aliphatic rings. The number of thiophene rings is 2. The first-order valence-corrected chi connectivity index (χ1v) is 12.1. The molecule has 1 amide bonds. The molecule has 0 radical (unpaired) electrons. The number of rotatable bonds is 7. The Morgan fingerprint density at radius 2 is 1.82 bits per heavy atom. The molecular weight excluding hydrogens is 466 g/mol. The summed E-state index contributed by atoms with van der Waals surface area (Å²) in [6.45, 7) is 0.0928. The highest BCUT2D eigenvalue weighted by Crippen LogP contribution is 2.31. The van der Waals surface area contributed by atoms with Crippen LogP contribution in [-0.2, 0) is 6.54 Å². The predicted octanol–water partition coefficient (Wildman–Crippen LogP) is 5.45. The highest BCUT2D eigenvalue weighted by molar-refractivity contribution is 7.17. The third-order valence-electron chi connectivity index (χ3n) is 5.13. The zero-order valence-electron chi connectivity index (χ0n) is 17.8. The van der Waals surface area contributed by atoms with Gasteiger partial charge in [0.25, 0.3) is 5.91 Å². The van der Waals surface area contributed by atoms with Crippen molar-refractivity contribution in [3.63, 3.8) is 0 Å². The molecule has 0 bridgehead atoms. The van der Waals surface area contributed by atoms with Crippen LogP contribution in [0.2, 0.25) is 0 Å². The van der Waals surface area contributed by atoms with Gasteiger partial charge in [0.2, 0.25) is 0 Å². The Kier molecular flexibility index (Phi) is 6.03. The predicted molar refractivity (Wildman–Crippen MR) is 136 cm³/mol. The Labute approximate surface area is 203 Å². The molecule has 2 aromatic carbocycles. The van der Waals surface area contributed by atoms with Crippen LogP contribution in [0.25, 0.3) is 21.0 Å². The summed E-state index contributed by atoms with van der Waals surface area (Å²) in [7, 11) is 0. The maximum atomic E-state index is 12.9. The number of Topliss-reactive ketones (excluding diaryl/α,β-unsaturated/α-hetero) is 1. The summed E-state index contributed by atoms with van der Waals surface area (Å²) in [5.74, 6) is -0.302. The van der Waals surface area contributed by atoms with Gasteiger partial charge in [-0.3, -0.25) is 9.59 Å². The third kappa shape index (κ3) is 4.66. The molecule has 3 heterocycles. The van der Waals surface area contributed by atoms with Gasteiger partial charge in [0.05, 0.1) is 27.3 Å². The number of nitrogens with two attached hydrogens (primary N) is 1. The van der Waals surface area contributed by atoms with E-state index in [1.165, 1.54) is 16.0 Å². The number of nitrogens with one attached hydrogen (secondary N) is 1. The third-order valence-corrected chi connectivity index (χ3v) is 7.15. The fourth-order valence-electron chi connectivity index (χ4n) is 3.39. The lowest BCUT2D eigenvalue weighted by atomic mass is 10.1. The highest BCUT2D eigenvalue weighted by atomic mass is 32.1. The van der Waals surface area contributed by atoms with E-state index >= 15 is 0 Å². The minimum absolute atomic E-state index is 0.0503. The summed E-state index contributed by atoms with van der Waals surface area (Å²) >= 11 is 2.92. The second kappa shape index (κ2) is 9.42. The lowest BCUT2D eigenvalue weighted by molar-refractivity contribution is 0.0966. The fourth-order valence-corrected chi connectivity index (χ4v) is 4.97. The lowest BCUT2D eigenvalue weighted by Crippen LogP contribution is -2.11. The van der Waals surface area contributed by atoms with Gasteiger partial charge in [0.15, 0.2) is 5.78 Å². The van der Waals surface area contributed by atoms with Crippen molar-refractivity contribution in [1.82, 2.24) is 15.0 Å². The molecule has 9 heteroatoms. The lowest BCUT2D eigenvalue weighted by Gasteiger charge is -2.09. The zero-order chi connectivity index (χ0) is 23.5. The Hall–Kier alpha value is -4.08. The summed E-state index contributed by atoms with van der Waals surface area (Å²) in [6, 6.07) is 22.2. The molecule has 168 valence electrons. The fraction of sp³-hybridized carbons (Fsp3) is 0.0400. The van der Waals surface area contributed by atoms with Crippen molar-refractivity contribution >= 4 is 45.7 Å². The van der Waals surface area contributed by atoms with E-state index in [4.69, 9.17) is 5.73 Å². The van der Waals surface area contributed by atoms with E-state index in [1.807, 2.05) is 53.9 Å². The van der Waals surface area contributed by atoms with Gasteiger partial charge in [-0.1, -0.05) is 47.7 Å². The summed E-state index contributed by atoms with van der Waals surface area (Å²) in [4.78, 5) is 27.7. The molecule has 0 fully saturated rings. The van der Waals surface area contributed by atoms with Crippen molar-refractivity contribution in [1.29, 1.82) is 0 Å². The van der Waals surface area contributed by atoms with Crippen LogP contribution in [0.5, 0.6) is 0 Å². The van der Waals surface area contributed by atoms with Crippen LogP contribution in [0.1, 0.15) is 20.0 Å². The molecule has 0 unspecified atom stereocenters. The number of aromatic nitrogens is 3. The molecule has 0 atom stereocenters. The van der Waals surface area contributed by atoms with Gasteiger partial charge in [-0.2, -0.15) is 0 Å². The van der Waals surface area contributed by atoms with Gasteiger partial charge in [0, 0.05) is 10.4 Å². The van der Waals surface area contributed by atoms with E-state index in [0.29, 0.717) is 27.5 Å². The van der Waals surface area contributed by atoms with E-state index in [9.17, 15) is 9.59 Å². The average molecular weight is 486 g/mol. The number of carbonyl (C=O) groups excluding carboxylic acids is 2. The van der Waals surface area contributed by atoms with Gasteiger partial charge >= 0.3 is 0 Å². The molecule has 3 aromatic heterocycles. The maximum Gasteiger partial charge on any atom is 0.265 e. The van der Waals surface area contributed by atoms with Gasteiger partial charge in [0.1, 0.15) is 12.2 Å². The quantitative estimate of drug-likeness (QED) is 0.236. The van der Waals surface area contributed by atoms with Gasteiger partial charge < -0.3 is 11.1 Å². The number of hydrogen-bond acceptors (Lipinski definition) is 7. The number of amides is 1. The van der Waals surface area contributed by atoms with Crippen LogP contribution in [0.4, 0.5) is 11.4 Å². The first-order valence-electron chi connectivity index (χ1n) is 10.4. The monoisotopic (exact) mass is 485 g/mol. The second-order valence-corrected chi connectivity index (χ2v) is 9.52. The molecular formula is C25H19N5O2S2. The van der Waals surface area contributed by atoms with Crippen LogP contribution < -0.4 is 11.1 Å². The Morgan fingerprint density at radius 1 is 0.971 bits per heavy atom. The maximum absolute atomic E-state index is 12.9. The van der Waals surface area contributed by atoms with E-state index in [-0.39, 0.29) is 18.2 Å². The molecule has 5 rings (SSSR count). The summed E-state index contributed by atoms with van der Waals surface area (Å²) in [5, 5.41) is 13.1. The van der Waals surface area contributed by atoms with Crippen LogP contribution >= 0.6 is 22.7 Å². The van der Waals surface area contributed by atoms with Crippen molar-refractivity contribution < 1.29 is 9.59 Å². The number of benzene rings is 2. The molecule has 0 aliphatic heterocycles. The van der Waals surface area contributed by atoms with Crippen LogP contribution in [0.3, 0.4) is 0 Å². The molecule has 0 spiro atoms. The summed E-state index contributed by atoms with van der Waals surface area (Å²) < 4.78 is 1.50. The van der Waals surface area contributed by atoms with E-state index in [1.54, 1.807) is 41.8 Å².